The summed E-state index contributed by atoms with van der Waals surface area (Å²) in [4.78, 5) is 0. The fraction of sp³-hybridized carbons (Fsp3) is 0.333. The van der Waals surface area contributed by atoms with E-state index in [4.69, 9.17) is 4.74 Å². The molecule has 0 saturated heterocycles. The van der Waals surface area contributed by atoms with E-state index in [9.17, 15) is 4.39 Å². The molecule has 1 N–H and O–H groups in total. The molecule has 0 bridgehead atoms. The number of methoxy groups -OCH3 is 1. The minimum Gasteiger partial charge on any atom is -0.383 e. The van der Waals surface area contributed by atoms with Crippen LogP contribution in [-0.2, 0) is 11.3 Å². The molecule has 0 radical (unpaired) electrons. The zero-order chi connectivity index (χ0) is 13.7. The molecule has 0 saturated carbocycles. The van der Waals surface area contributed by atoms with Gasteiger partial charge in [0.1, 0.15) is 15.8 Å². The molecule has 1 aromatic heterocycles. The van der Waals surface area contributed by atoms with E-state index in [0.717, 1.165) is 21.6 Å². The summed E-state index contributed by atoms with van der Waals surface area (Å²) < 4.78 is 19.0. The van der Waals surface area contributed by atoms with Crippen LogP contribution in [0.25, 0.3) is 10.6 Å². The Morgan fingerprint density at radius 1 is 1.42 bits per heavy atom. The Bertz CT molecular complexity index is 550. The fourth-order valence-electron chi connectivity index (χ4n) is 1.46. The number of benzene rings is 1. The second-order valence-electron chi connectivity index (χ2n) is 3.79. The highest BCUT2D eigenvalue weighted by atomic mass is 79.9. The lowest BCUT2D eigenvalue weighted by molar-refractivity contribution is 0.199. The topological polar surface area (TPSA) is 47.0 Å². The number of aromatic nitrogens is 2. The van der Waals surface area contributed by atoms with Gasteiger partial charge in [0.05, 0.1) is 6.61 Å². The van der Waals surface area contributed by atoms with E-state index in [2.05, 4.69) is 31.4 Å². The zero-order valence-electron chi connectivity index (χ0n) is 10.3. The summed E-state index contributed by atoms with van der Waals surface area (Å²) in [6.45, 7) is 2.05. The normalized spacial score (nSPS) is 10.9. The highest BCUT2D eigenvalue weighted by Gasteiger charge is 2.10. The highest BCUT2D eigenvalue weighted by Crippen LogP contribution is 2.31. The number of hydrogen-bond donors (Lipinski definition) is 1. The van der Waals surface area contributed by atoms with Gasteiger partial charge in [-0.25, -0.2) is 4.39 Å². The molecular weight excluding hydrogens is 333 g/mol. The lowest BCUT2D eigenvalue weighted by atomic mass is 10.2. The molecule has 0 spiro atoms. The van der Waals surface area contributed by atoms with Crippen molar-refractivity contribution in [1.29, 1.82) is 0 Å². The average molecular weight is 346 g/mol. The summed E-state index contributed by atoms with van der Waals surface area (Å²) in [7, 11) is 1.66. The van der Waals surface area contributed by atoms with Crippen LogP contribution in [0, 0.1) is 5.82 Å². The van der Waals surface area contributed by atoms with E-state index in [-0.39, 0.29) is 5.82 Å². The number of rotatable bonds is 6. The Labute approximate surface area is 123 Å². The Morgan fingerprint density at radius 2 is 2.26 bits per heavy atom. The van der Waals surface area contributed by atoms with Gasteiger partial charge >= 0.3 is 0 Å². The Hall–Kier alpha value is -0.890. The number of halogens is 2. The minimum atomic E-state index is -0.284. The van der Waals surface area contributed by atoms with Crippen molar-refractivity contribution in [3.63, 3.8) is 0 Å². The lowest BCUT2D eigenvalue weighted by Gasteiger charge is -2.00. The van der Waals surface area contributed by atoms with Gasteiger partial charge in [-0.2, -0.15) is 0 Å². The molecule has 19 heavy (non-hydrogen) atoms. The molecular formula is C12H13BrFN3OS. The van der Waals surface area contributed by atoms with Gasteiger partial charge in [-0.3, -0.25) is 0 Å². The van der Waals surface area contributed by atoms with Crippen molar-refractivity contribution in [3.8, 4) is 10.6 Å². The van der Waals surface area contributed by atoms with E-state index in [1.165, 1.54) is 23.5 Å². The van der Waals surface area contributed by atoms with E-state index >= 15 is 0 Å². The first kappa shape index (κ1) is 14.5. The largest absolute Gasteiger partial charge is 0.383 e. The van der Waals surface area contributed by atoms with E-state index in [1.807, 2.05) is 0 Å². The Kier molecular flexibility index (Phi) is 5.38. The molecule has 0 aliphatic carbocycles. The predicted octanol–water partition coefficient (Wildman–Crippen LogP) is 2.84. The third kappa shape index (κ3) is 4.04. The molecule has 1 heterocycles. The molecule has 0 aliphatic rings. The van der Waals surface area contributed by atoms with Crippen molar-refractivity contribution >= 4 is 27.3 Å². The van der Waals surface area contributed by atoms with E-state index in [1.54, 1.807) is 13.2 Å². The van der Waals surface area contributed by atoms with Crippen LogP contribution in [-0.4, -0.2) is 30.5 Å². The van der Waals surface area contributed by atoms with Crippen molar-refractivity contribution in [2.24, 2.45) is 0 Å². The van der Waals surface area contributed by atoms with Crippen molar-refractivity contribution in [2.75, 3.05) is 20.3 Å². The molecule has 1 aromatic carbocycles. The predicted molar refractivity (Wildman–Crippen MR) is 76.6 cm³/mol. The summed E-state index contributed by atoms with van der Waals surface area (Å²) >= 11 is 4.83. The van der Waals surface area contributed by atoms with Crippen molar-refractivity contribution in [1.82, 2.24) is 15.5 Å². The van der Waals surface area contributed by atoms with Gasteiger partial charge in [0, 0.05) is 30.2 Å². The maximum absolute atomic E-state index is 13.2. The summed E-state index contributed by atoms with van der Waals surface area (Å²) in [6.07, 6.45) is 0. The lowest BCUT2D eigenvalue weighted by Crippen LogP contribution is -2.18. The summed E-state index contributed by atoms with van der Waals surface area (Å²) in [5.74, 6) is -0.284. The van der Waals surface area contributed by atoms with Crippen LogP contribution in [0.2, 0.25) is 0 Å². The van der Waals surface area contributed by atoms with Crippen molar-refractivity contribution < 1.29 is 9.13 Å². The average Bonchev–Trinajstić information content (AvgIpc) is 2.86. The summed E-state index contributed by atoms with van der Waals surface area (Å²) in [5.41, 5.74) is 0.723. The van der Waals surface area contributed by atoms with Gasteiger partial charge < -0.3 is 10.1 Å². The fourth-order valence-corrected chi connectivity index (χ4v) is 2.87. The van der Waals surface area contributed by atoms with Gasteiger partial charge in [0.15, 0.2) is 0 Å². The molecule has 0 fully saturated rings. The van der Waals surface area contributed by atoms with Gasteiger partial charge in [-0.1, -0.05) is 27.3 Å². The Morgan fingerprint density at radius 3 is 3.05 bits per heavy atom. The van der Waals surface area contributed by atoms with E-state index in [0.29, 0.717) is 18.2 Å². The van der Waals surface area contributed by atoms with Crippen LogP contribution in [0.5, 0.6) is 0 Å². The molecule has 102 valence electrons. The standard InChI is InChI=1S/C12H13BrFN3OS/c1-18-5-4-15-7-11-16-17-12(19-11)9-6-8(14)2-3-10(9)13/h2-3,6,15H,4-5,7H2,1H3. The zero-order valence-corrected chi connectivity index (χ0v) is 12.7. The van der Waals surface area contributed by atoms with Crippen LogP contribution in [0.1, 0.15) is 5.01 Å². The number of hydrogen-bond acceptors (Lipinski definition) is 5. The first-order valence-electron chi connectivity index (χ1n) is 5.68. The molecule has 0 atom stereocenters. The summed E-state index contributed by atoms with van der Waals surface area (Å²) in [5, 5.41) is 12.9. The molecule has 0 amide bonds. The van der Waals surface area contributed by atoms with Gasteiger partial charge in [-0.15, -0.1) is 10.2 Å². The number of ether oxygens (including phenoxy) is 1. The molecule has 0 aliphatic heterocycles. The second-order valence-corrected chi connectivity index (χ2v) is 5.71. The van der Waals surface area contributed by atoms with Gasteiger partial charge in [-0.05, 0) is 18.2 Å². The molecule has 0 unspecified atom stereocenters. The van der Waals surface area contributed by atoms with Gasteiger partial charge in [0.2, 0.25) is 0 Å². The number of nitrogens with one attached hydrogen (secondary N) is 1. The van der Waals surface area contributed by atoms with Crippen LogP contribution in [0.4, 0.5) is 4.39 Å². The third-order valence-corrected chi connectivity index (χ3v) is 4.03. The first-order valence-corrected chi connectivity index (χ1v) is 7.29. The first-order chi connectivity index (χ1) is 9.20. The molecule has 2 aromatic rings. The maximum atomic E-state index is 13.2. The minimum absolute atomic E-state index is 0.284. The quantitative estimate of drug-likeness (QED) is 0.817. The Balaban J connectivity index is 2.06. The SMILES string of the molecule is COCCNCc1nnc(-c2cc(F)ccc2Br)s1. The van der Waals surface area contributed by atoms with Crippen LogP contribution < -0.4 is 5.32 Å². The van der Waals surface area contributed by atoms with Crippen LogP contribution in [0.15, 0.2) is 22.7 Å². The van der Waals surface area contributed by atoms with Crippen LogP contribution >= 0.6 is 27.3 Å². The summed E-state index contributed by atoms with van der Waals surface area (Å²) in [6, 6.07) is 4.52. The van der Waals surface area contributed by atoms with Crippen LogP contribution in [0.3, 0.4) is 0 Å². The molecule has 7 heteroatoms. The third-order valence-electron chi connectivity index (χ3n) is 2.38. The van der Waals surface area contributed by atoms with E-state index < -0.39 is 0 Å². The number of nitrogens with zero attached hydrogens (tertiary/aromatic N) is 2. The second kappa shape index (κ2) is 7.04. The van der Waals surface area contributed by atoms with Gasteiger partial charge in [0.25, 0.3) is 0 Å². The maximum Gasteiger partial charge on any atom is 0.149 e. The van der Waals surface area contributed by atoms with Crippen molar-refractivity contribution in [2.45, 2.75) is 6.54 Å². The molecule has 4 nitrogen and oxygen atoms in total. The van der Waals surface area contributed by atoms with Crippen molar-refractivity contribution in [3.05, 3.63) is 33.5 Å². The smallest absolute Gasteiger partial charge is 0.149 e. The highest BCUT2D eigenvalue weighted by molar-refractivity contribution is 9.10. The molecule has 2 rings (SSSR count). The monoisotopic (exact) mass is 345 g/mol.